The summed E-state index contributed by atoms with van der Waals surface area (Å²) in [4.78, 5) is 25.3. The summed E-state index contributed by atoms with van der Waals surface area (Å²) < 4.78 is 10.6. The van der Waals surface area contributed by atoms with E-state index < -0.39 is 10.8 Å². The highest BCUT2D eigenvalue weighted by molar-refractivity contribution is 7.99. The number of nitrogens with zero attached hydrogens (tertiary/aromatic N) is 1. The van der Waals surface area contributed by atoms with Crippen LogP contribution in [-0.2, 0) is 0 Å². The summed E-state index contributed by atoms with van der Waals surface area (Å²) in [6.45, 7) is 1.81. The molecular formula is C22H19ClN2O5S. The Morgan fingerprint density at radius 2 is 1.68 bits per heavy atom. The van der Waals surface area contributed by atoms with E-state index >= 15 is 0 Å². The number of anilines is 1. The summed E-state index contributed by atoms with van der Waals surface area (Å²) in [5.41, 5.74) is 1.28. The molecule has 3 aromatic rings. The molecule has 0 spiro atoms. The number of hydrogen-bond acceptors (Lipinski definition) is 6. The Morgan fingerprint density at radius 3 is 2.29 bits per heavy atom. The Bertz CT molecular complexity index is 1140. The Balaban J connectivity index is 1.97. The molecule has 0 saturated heterocycles. The van der Waals surface area contributed by atoms with Crippen LogP contribution in [0.5, 0.6) is 11.5 Å². The van der Waals surface area contributed by atoms with Gasteiger partial charge in [0.1, 0.15) is 0 Å². The number of nitro benzene ring substituents is 1. The van der Waals surface area contributed by atoms with E-state index in [9.17, 15) is 14.9 Å². The van der Waals surface area contributed by atoms with Crippen LogP contribution in [0.3, 0.4) is 0 Å². The molecule has 0 fully saturated rings. The number of nitro groups is 1. The van der Waals surface area contributed by atoms with Crippen LogP contribution in [0.4, 0.5) is 11.4 Å². The maximum absolute atomic E-state index is 13.1. The number of ether oxygens (including phenoxy) is 2. The van der Waals surface area contributed by atoms with E-state index in [2.05, 4.69) is 5.32 Å². The predicted octanol–water partition coefficient (Wildman–Crippen LogP) is 5.98. The minimum atomic E-state index is -0.533. The van der Waals surface area contributed by atoms with E-state index in [4.69, 9.17) is 21.1 Å². The molecule has 31 heavy (non-hydrogen) atoms. The Hall–Kier alpha value is -3.23. The molecule has 0 aromatic heterocycles. The fourth-order valence-corrected chi connectivity index (χ4v) is 3.88. The number of benzene rings is 3. The maximum Gasteiger partial charge on any atom is 0.270 e. The van der Waals surface area contributed by atoms with Crippen LogP contribution in [0.1, 0.15) is 15.9 Å². The lowest BCUT2D eigenvalue weighted by Gasteiger charge is -2.15. The van der Waals surface area contributed by atoms with Crippen LogP contribution in [-0.4, -0.2) is 25.1 Å². The summed E-state index contributed by atoms with van der Waals surface area (Å²) in [5.74, 6) is 0.515. The third-order valence-corrected chi connectivity index (χ3v) is 5.77. The lowest BCUT2D eigenvalue weighted by Crippen LogP contribution is -2.14. The van der Waals surface area contributed by atoms with Crippen molar-refractivity contribution in [3.63, 3.8) is 0 Å². The number of aryl methyl sites for hydroxylation is 1. The van der Waals surface area contributed by atoms with Gasteiger partial charge in [0, 0.05) is 38.7 Å². The van der Waals surface area contributed by atoms with Crippen molar-refractivity contribution in [2.75, 3.05) is 19.5 Å². The van der Waals surface area contributed by atoms with Gasteiger partial charge in [0.15, 0.2) is 11.5 Å². The Labute approximate surface area is 188 Å². The van der Waals surface area contributed by atoms with Crippen LogP contribution in [0, 0.1) is 17.0 Å². The van der Waals surface area contributed by atoms with E-state index in [-0.39, 0.29) is 11.3 Å². The number of nitrogens with one attached hydrogen (secondary N) is 1. The van der Waals surface area contributed by atoms with Gasteiger partial charge in [0.05, 0.1) is 24.7 Å². The summed E-state index contributed by atoms with van der Waals surface area (Å²) >= 11 is 7.25. The fourth-order valence-electron chi connectivity index (χ4n) is 2.83. The lowest BCUT2D eigenvalue weighted by atomic mass is 10.1. The van der Waals surface area contributed by atoms with Gasteiger partial charge in [-0.3, -0.25) is 14.9 Å². The second-order valence-corrected chi connectivity index (χ2v) is 8.02. The average molecular weight is 459 g/mol. The average Bonchev–Trinajstić information content (AvgIpc) is 2.76. The fraction of sp³-hybridized carbons (Fsp3) is 0.136. The molecule has 1 N–H and O–H groups in total. The van der Waals surface area contributed by atoms with Gasteiger partial charge in [0.2, 0.25) is 0 Å². The van der Waals surface area contributed by atoms with Crippen molar-refractivity contribution in [1.29, 1.82) is 0 Å². The summed E-state index contributed by atoms with van der Waals surface area (Å²) in [7, 11) is 3.03. The van der Waals surface area contributed by atoms with Gasteiger partial charge in [-0.1, -0.05) is 23.4 Å². The van der Waals surface area contributed by atoms with Gasteiger partial charge < -0.3 is 14.8 Å². The number of carbonyl (C=O) groups excluding carboxylic acids is 1. The monoisotopic (exact) mass is 458 g/mol. The number of methoxy groups -OCH3 is 2. The van der Waals surface area contributed by atoms with Crippen LogP contribution in [0.15, 0.2) is 64.4 Å². The topological polar surface area (TPSA) is 90.7 Å². The van der Waals surface area contributed by atoms with Crippen molar-refractivity contribution in [2.24, 2.45) is 0 Å². The largest absolute Gasteiger partial charge is 0.493 e. The molecule has 0 aliphatic heterocycles. The predicted molar refractivity (Wildman–Crippen MR) is 121 cm³/mol. The first kappa shape index (κ1) is 22.5. The van der Waals surface area contributed by atoms with Crippen molar-refractivity contribution >= 4 is 40.6 Å². The molecule has 0 aliphatic rings. The molecule has 0 unspecified atom stereocenters. The molecular weight excluding hydrogens is 440 g/mol. The quantitative estimate of drug-likeness (QED) is 0.346. The first-order chi connectivity index (χ1) is 14.8. The molecule has 3 aromatic carbocycles. The van der Waals surface area contributed by atoms with Crippen LogP contribution < -0.4 is 14.8 Å². The third-order valence-electron chi connectivity index (χ3n) is 4.44. The van der Waals surface area contributed by atoms with Crippen molar-refractivity contribution in [3.05, 3.63) is 80.9 Å². The normalized spacial score (nSPS) is 10.5. The van der Waals surface area contributed by atoms with Gasteiger partial charge in [-0.2, -0.15) is 0 Å². The molecule has 0 aliphatic carbocycles. The minimum absolute atomic E-state index is 0.172. The van der Waals surface area contributed by atoms with Gasteiger partial charge in [-0.05, 0) is 48.9 Å². The maximum atomic E-state index is 13.1. The molecule has 1 amide bonds. The highest BCUT2D eigenvalue weighted by Crippen LogP contribution is 2.36. The molecule has 0 saturated carbocycles. The standard InChI is InChI=1S/C22H19ClN2O5S/c1-13-10-19(29-2)20(30-3)12-18(13)24-22(26)17-11-15(25(27)28)6-9-21(17)31-16-7-4-14(23)5-8-16/h4-12H,1-3H3,(H,24,26). The van der Waals surface area contributed by atoms with Crippen LogP contribution >= 0.6 is 23.4 Å². The number of non-ortho nitro benzene ring substituents is 1. The number of carbonyl (C=O) groups is 1. The van der Waals surface area contributed by atoms with Crippen molar-refractivity contribution in [2.45, 2.75) is 16.7 Å². The van der Waals surface area contributed by atoms with Gasteiger partial charge in [0.25, 0.3) is 11.6 Å². The molecule has 9 heteroatoms. The van der Waals surface area contributed by atoms with E-state index in [0.29, 0.717) is 27.1 Å². The smallest absolute Gasteiger partial charge is 0.270 e. The summed E-state index contributed by atoms with van der Waals surface area (Å²) in [5, 5.41) is 14.7. The number of hydrogen-bond donors (Lipinski definition) is 1. The minimum Gasteiger partial charge on any atom is -0.493 e. The van der Waals surface area contributed by atoms with Crippen molar-refractivity contribution in [1.82, 2.24) is 0 Å². The molecule has 0 bridgehead atoms. The second kappa shape index (κ2) is 9.72. The summed E-state index contributed by atoms with van der Waals surface area (Å²) in [6.07, 6.45) is 0. The highest BCUT2D eigenvalue weighted by atomic mass is 35.5. The van der Waals surface area contributed by atoms with Crippen LogP contribution in [0.2, 0.25) is 5.02 Å². The van der Waals surface area contributed by atoms with Gasteiger partial charge >= 0.3 is 0 Å². The van der Waals surface area contributed by atoms with E-state index in [1.807, 2.05) is 19.1 Å². The highest BCUT2D eigenvalue weighted by Gasteiger charge is 2.19. The molecule has 3 rings (SSSR count). The number of rotatable bonds is 7. The molecule has 160 valence electrons. The van der Waals surface area contributed by atoms with E-state index in [0.717, 1.165) is 10.5 Å². The zero-order chi connectivity index (χ0) is 22.5. The van der Waals surface area contributed by atoms with Crippen LogP contribution in [0.25, 0.3) is 0 Å². The molecule has 0 radical (unpaired) electrons. The third kappa shape index (κ3) is 5.28. The second-order valence-electron chi connectivity index (χ2n) is 6.47. The Morgan fingerprint density at radius 1 is 1.03 bits per heavy atom. The Kier molecular flexibility index (Phi) is 7.04. The van der Waals surface area contributed by atoms with Gasteiger partial charge in [-0.25, -0.2) is 0 Å². The zero-order valence-electron chi connectivity index (χ0n) is 17.0. The number of halogens is 1. The number of amides is 1. The van der Waals surface area contributed by atoms with Crippen molar-refractivity contribution < 1.29 is 19.2 Å². The molecule has 0 atom stereocenters. The first-order valence-electron chi connectivity index (χ1n) is 9.08. The molecule has 0 heterocycles. The van der Waals surface area contributed by atoms with E-state index in [1.165, 1.54) is 38.1 Å². The molecule has 7 nitrogen and oxygen atoms in total. The van der Waals surface area contributed by atoms with Gasteiger partial charge in [-0.15, -0.1) is 0 Å². The zero-order valence-corrected chi connectivity index (χ0v) is 18.5. The lowest BCUT2D eigenvalue weighted by molar-refractivity contribution is -0.384. The first-order valence-corrected chi connectivity index (χ1v) is 10.3. The summed E-state index contributed by atoms with van der Waals surface area (Å²) in [6, 6.07) is 14.7. The van der Waals surface area contributed by atoms with Crippen molar-refractivity contribution in [3.8, 4) is 11.5 Å². The van der Waals surface area contributed by atoms with E-state index in [1.54, 1.807) is 30.3 Å². The SMILES string of the molecule is COc1cc(C)c(NC(=O)c2cc([N+](=O)[O-])ccc2Sc2ccc(Cl)cc2)cc1OC.